The highest BCUT2D eigenvalue weighted by molar-refractivity contribution is 14.0. The minimum Gasteiger partial charge on any atom is -0.354 e. The van der Waals surface area contributed by atoms with Crippen LogP contribution in [0, 0.1) is 10.1 Å². The first kappa shape index (κ1) is 24.1. The first-order valence-electron chi connectivity index (χ1n) is 10.0. The molecule has 164 valence electrons. The molecule has 1 N–H and O–H groups in total. The second kappa shape index (κ2) is 11.8. The number of nitrogens with zero attached hydrogens (tertiary/aromatic N) is 6. The molecule has 0 spiro atoms. The topological polar surface area (TPSA) is 91.8 Å². The third-order valence-electron chi connectivity index (χ3n) is 5.29. The molecule has 2 aromatic rings. The monoisotopic (exact) mass is 527 g/mol. The Morgan fingerprint density at radius 3 is 2.53 bits per heavy atom. The lowest BCUT2D eigenvalue weighted by Gasteiger charge is -2.40. The van der Waals surface area contributed by atoms with Crippen LogP contribution in [0.5, 0.6) is 0 Å². The standard InChI is InChI=1S/C20H29N7O2.HI/c1-3-19(17-7-5-4-6-8-17)24-11-13-25(14-12-24)20(21-2)22-9-10-26-16-18(15-23-26)27(28)29;/h4-8,15-16,19H,3,9-14H2,1-2H3,(H,21,22);1H. The fourth-order valence-corrected chi connectivity index (χ4v) is 3.81. The lowest BCUT2D eigenvalue weighted by Crippen LogP contribution is -2.53. The summed E-state index contributed by atoms with van der Waals surface area (Å²) in [6.07, 6.45) is 3.80. The van der Waals surface area contributed by atoms with E-state index >= 15 is 0 Å². The molecule has 1 fully saturated rings. The maximum Gasteiger partial charge on any atom is 0.306 e. The Morgan fingerprint density at radius 2 is 1.97 bits per heavy atom. The average Bonchev–Trinajstić information content (AvgIpc) is 3.23. The number of hydrogen-bond donors (Lipinski definition) is 1. The van der Waals surface area contributed by atoms with Gasteiger partial charge in [-0.2, -0.15) is 5.10 Å². The SMILES string of the molecule is CCC(c1ccccc1)N1CCN(C(=NC)NCCn2cc([N+](=O)[O-])cn2)CC1.I. The van der Waals surface area contributed by atoms with E-state index in [0.29, 0.717) is 19.1 Å². The first-order chi connectivity index (χ1) is 14.1. The maximum atomic E-state index is 10.7. The third-order valence-corrected chi connectivity index (χ3v) is 5.29. The van der Waals surface area contributed by atoms with Crippen LogP contribution in [-0.2, 0) is 6.54 Å². The van der Waals surface area contributed by atoms with Gasteiger partial charge in [0.2, 0.25) is 0 Å². The van der Waals surface area contributed by atoms with Crippen LogP contribution in [0.3, 0.4) is 0 Å². The predicted molar refractivity (Wildman–Crippen MR) is 128 cm³/mol. The highest BCUT2D eigenvalue weighted by Gasteiger charge is 2.25. The molecule has 1 atom stereocenters. The summed E-state index contributed by atoms with van der Waals surface area (Å²) in [4.78, 5) is 19.5. The summed E-state index contributed by atoms with van der Waals surface area (Å²) in [5.74, 6) is 0.860. The summed E-state index contributed by atoms with van der Waals surface area (Å²) < 4.78 is 1.57. The number of piperazine rings is 1. The number of aliphatic imine (C=N–C) groups is 1. The zero-order valence-electron chi connectivity index (χ0n) is 17.5. The van der Waals surface area contributed by atoms with Crippen LogP contribution in [0.2, 0.25) is 0 Å². The number of rotatable bonds is 7. The Balaban J connectivity index is 0.00000320. The molecule has 0 aliphatic carbocycles. The van der Waals surface area contributed by atoms with Gasteiger partial charge in [-0.05, 0) is 12.0 Å². The number of nitro groups is 1. The summed E-state index contributed by atoms with van der Waals surface area (Å²) in [7, 11) is 1.78. The van der Waals surface area contributed by atoms with Gasteiger partial charge in [0, 0.05) is 45.8 Å². The number of guanidine groups is 1. The van der Waals surface area contributed by atoms with Crippen LogP contribution >= 0.6 is 24.0 Å². The fourth-order valence-electron chi connectivity index (χ4n) is 3.81. The molecule has 10 heteroatoms. The Morgan fingerprint density at radius 1 is 1.27 bits per heavy atom. The van der Waals surface area contributed by atoms with Crippen LogP contribution < -0.4 is 5.32 Å². The molecule has 1 aliphatic heterocycles. The Hall–Kier alpha value is -2.21. The smallest absolute Gasteiger partial charge is 0.306 e. The van der Waals surface area contributed by atoms with E-state index in [4.69, 9.17) is 0 Å². The molecule has 3 rings (SSSR count). The molecule has 0 radical (unpaired) electrons. The van der Waals surface area contributed by atoms with Crippen molar-refractivity contribution in [1.29, 1.82) is 0 Å². The second-order valence-corrected chi connectivity index (χ2v) is 7.05. The Labute approximate surface area is 194 Å². The normalized spacial score (nSPS) is 16.1. The van der Waals surface area contributed by atoms with Crippen molar-refractivity contribution in [3.8, 4) is 0 Å². The minimum atomic E-state index is -0.436. The van der Waals surface area contributed by atoms with Crippen LogP contribution in [0.4, 0.5) is 5.69 Å². The molecule has 2 heterocycles. The number of aromatic nitrogens is 2. The van der Waals surface area contributed by atoms with E-state index in [-0.39, 0.29) is 29.7 Å². The summed E-state index contributed by atoms with van der Waals surface area (Å²) in [5.41, 5.74) is 1.38. The third kappa shape index (κ3) is 6.14. The molecular weight excluding hydrogens is 497 g/mol. The Kier molecular flexibility index (Phi) is 9.50. The van der Waals surface area contributed by atoms with Crippen molar-refractivity contribution in [2.75, 3.05) is 39.8 Å². The van der Waals surface area contributed by atoms with Gasteiger partial charge in [0.1, 0.15) is 12.4 Å². The van der Waals surface area contributed by atoms with Crippen molar-refractivity contribution in [3.63, 3.8) is 0 Å². The van der Waals surface area contributed by atoms with E-state index < -0.39 is 4.92 Å². The summed E-state index contributed by atoms with van der Waals surface area (Å²) in [6, 6.07) is 11.1. The van der Waals surface area contributed by atoms with E-state index in [1.165, 1.54) is 18.0 Å². The van der Waals surface area contributed by atoms with E-state index in [1.807, 2.05) is 0 Å². The summed E-state index contributed by atoms with van der Waals surface area (Å²) in [5, 5.41) is 18.1. The highest BCUT2D eigenvalue weighted by atomic mass is 127. The van der Waals surface area contributed by atoms with Crippen LogP contribution in [0.25, 0.3) is 0 Å². The zero-order valence-corrected chi connectivity index (χ0v) is 19.8. The molecule has 1 unspecified atom stereocenters. The summed E-state index contributed by atoms with van der Waals surface area (Å²) in [6.45, 7) is 7.18. The van der Waals surface area contributed by atoms with Gasteiger partial charge in [-0.25, -0.2) is 0 Å². The van der Waals surface area contributed by atoms with Crippen molar-refractivity contribution in [3.05, 3.63) is 58.4 Å². The van der Waals surface area contributed by atoms with Gasteiger partial charge < -0.3 is 10.2 Å². The maximum absolute atomic E-state index is 10.7. The van der Waals surface area contributed by atoms with Crippen molar-refractivity contribution in [2.45, 2.75) is 25.9 Å². The summed E-state index contributed by atoms with van der Waals surface area (Å²) >= 11 is 0. The van der Waals surface area contributed by atoms with Crippen LogP contribution in [0.1, 0.15) is 24.9 Å². The van der Waals surface area contributed by atoms with Gasteiger partial charge in [0.05, 0.1) is 11.5 Å². The van der Waals surface area contributed by atoms with Gasteiger partial charge in [-0.1, -0.05) is 37.3 Å². The number of benzene rings is 1. The van der Waals surface area contributed by atoms with Crippen molar-refractivity contribution in [1.82, 2.24) is 24.9 Å². The van der Waals surface area contributed by atoms with E-state index in [9.17, 15) is 10.1 Å². The number of nitrogens with one attached hydrogen (secondary N) is 1. The van der Waals surface area contributed by atoms with Gasteiger partial charge in [-0.15, -0.1) is 24.0 Å². The zero-order chi connectivity index (χ0) is 20.6. The highest BCUT2D eigenvalue weighted by Crippen LogP contribution is 2.25. The molecule has 9 nitrogen and oxygen atoms in total. The molecular formula is C20H30IN7O2. The number of halogens is 1. The molecule has 0 amide bonds. The molecule has 1 aromatic heterocycles. The van der Waals surface area contributed by atoms with Crippen molar-refractivity contribution < 1.29 is 4.92 Å². The van der Waals surface area contributed by atoms with Gasteiger partial charge in [0.15, 0.2) is 5.96 Å². The fraction of sp³-hybridized carbons (Fsp3) is 0.500. The molecule has 0 saturated carbocycles. The van der Waals surface area contributed by atoms with E-state index in [1.54, 1.807) is 11.7 Å². The first-order valence-corrected chi connectivity index (χ1v) is 10.0. The van der Waals surface area contributed by atoms with Crippen molar-refractivity contribution in [2.24, 2.45) is 4.99 Å². The van der Waals surface area contributed by atoms with E-state index in [0.717, 1.165) is 38.6 Å². The lowest BCUT2D eigenvalue weighted by molar-refractivity contribution is -0.385. The molecule has 0 bridgehead atoms. The molecule has 1 aliphatic rings. The second-order valence-electron chi connectivity index (χ2n) is 7.05. The Bertz CT molecular complexity index is 820. The minimum absolute atomic E-state index is 0. The molecule has 30 heavy (non-hydrogen) atoms. The molecule has 1 saturated heterocycles. The van der Waals surface area contributed by atoms with Gasteiger partial charge in [0.25, 0.3) is 0 Å². The predicted octanol–water partition coefficient (Wildman–Crippen LogP) is 2.75. The number of hydrogen-bond acceptors (Lipinski definition) is 5. The average molecular weight is 527 g/mol. The van der Waals surface area contributed by atoms with E-state index in [2.05, 4.69) is 62.5 Å². The van der Waals surface area contributed by atoms with Crippen molar-refractivity contribution >= 4 is 35.6 Å². The molecule has 1 aromatic carbocycles. The van der Waals surface area contributed by atoms with Gasteiger partial charge >= 0.3 is 5.69 Å². The lowest BCUT2D eigenvalue weighted by atomic mass is 10.0. The quantitative estimate of drug-likeness (QED) is 0.196. The van der Waals surface area contributed by atoms with Crippen LogP contribution in [0.15, 0.2) is 47.7 Å². The van der Waals surface area contributed by atoms with Gasteiger partial charge in [-0.3, -0.25) is 24.7 Å². The van der Waals surface area contributed by atoms with Crippen LogP contribution in [-0.4, -0.2) is 70.2 Å². The largest absolute Gasteiger partial charge is 0.354 e.